The average molecular weight is 314 g/mol. The summed E-state index contributed by atoms with van der Waals surface area (Å²) in [5, 5.41) is 18.4. The fourth-order valence-corrected chi connectivity index (χ4v) is 1.41. The van der Waals surface area contributed by atoms with Gasteiger partial charge in [-0.1, -0.05) is 19.9 Å². The number of carbonyl (C=O) groups excluding carboxylic acids is 1. The maximum absolute atomic E-state index is 12.5. The van der Waals surface area contributed by atoms with Gasteiger partial charge in [-0.3, -0.25) is 4.79 Å². The summed E-state index contributed by atoms with van der Waals surface area (Å²) in [7, 11) is 0. The summed E-state index contributed by atoms with van der Waals surface area (Å²) < 4.78 is 37.6. The quantitative estimate of drug-likeness (QED) is 0.387. The first kappa shape index (κ1) is 17.4. The summed E-state index contributed by atoms with van der Waals surface area (Å²) in [6.07, 6.45) is -4.54. The number of aliphatic hydroxyl groups excluding tert-OH is 1. The van der Waals surface area contributed by atoms with Crippen LogP contribution in [0.25, 0.3) is 0 Å². The largest absolute Gasteiger partial charge is 0.510 e. The van der Waals surface area contributed by atoms with Crippen molar-refractivity contribution in [3.8, 4) is 11.8 Å². The van der Waals surface area contributed by atoms with Crippen molar-refractivity contribution in [3.63, 3.8) is 0 Å². The van der Waals surface area contributed by atoms with Crippen molar-refractivity contribution >= 4 is 5.91 Å². The molecule has 0 aliphatic rings. The molecule has 0 unspecified atom stereocenters. The van der Waals surface area contributed by atoms with E-state index in [-0.39, 0.29) is 5.75 Å². The molecule has 5 nitrogen and oxygen atoms in total. The molecule has 1 aromatic rings. The number of hydrogen-bond acceptors (Lipinski definition) is 4. The van der Waals surface area contributed by atoms with Crippen molar-refractivity contribution in [3.05, 3.63) is 41.2 Å². The number of halogens is 3. The highest BCUT2D eigenvalue weighted by molar-refractivity contribution is 5.97. The van der Waals surface area contributed by atoms with Gasteiger partial charge in [-0.15, -0.1) is 0 Å². The third kappa shape index (κ3) is 4.41. The van der Waals surface area contributed by atoms with Gasteiger partial charge in [0.15, 0.2) is 11.3 Å². The highest BCUT2D eigenvalue weighted by atomic mass is 19.4. The Kier molecular flexibility index (Phi) is 5.40. The van der Waals surface area contributed by atoms with E-state index in [9.17, 15) is 23.1 Å². The van der Waals surface area contributed by atoms with Crippen molar-refractivity contribution in [2.24, 2.45) is 5.92 Å². The predicted octanol–water partition coefficient (Wildman–Crippen LogP) is 3.11. The van der Waals surface area contributed by atoms with E-state index in [4.69, 9.17) is 10.1 Å². The molecule has 2 N–H and O–H groups in total. The summed E-state index contributed by atoms with van der Waals surface area (Å²) in [6.45, 7) is 3.13. The Balaban J connectivity index is 2.85. The first-order valence-electron chi connectivity index (χ1n) is 6.14. The minimum Gasteiger partial charge on any atom is -0.510 e. The fraction of sp³-hybridized carbons (Fsp3) is 0.286. The number of rotatable bonds is 4. The normalized spacial score (nSPS) is 12.4. The number of benzene rings is 1. The van der Waals surface area contributed by atoms with E-state index >= 15 is 0 Å². The monoisotopic (exact) mass is 314 g/mol. The van der Waals surface area contributed by atoms with E-state index in [1.165, 1.54) is 12.1 Å². The second-order valence-corrected chi connectivity index (χ2v) is 4.59. The van der Waals surface area contributed by atoms with E-state index in [1.807, 2.05) is 5.48 Å². The zero-order chi connectivity index (χ0) is 16.9. The third-order valence-corrected chi connectivity index (χ3v) is 2.56. The van der Waals surface area contributed by atoms with Crippen LogP contribution >= 0.6 is 0 Å². The second kappa shape index (κ2) is 6.85. The Hall–Kier alpha value is -2.69. The van der Waals surface area contributed by atoms with Gasteiger partial charge in [-0.05, 0) is 18.2 Å². The maximum atomic E-state index is 12.5. The number of aliphatic hydroxyl groups is 1. The van der Waals surface area contributed by atoms with Gasteiger partial charge < -0.3 is 9.94 Å². The number of carbonyl (C=O) groups is 1. The van der Waals surface area contributed by atoms with Gasteiger partial charge in [0.1, 0.15) is 11.8 Å². The molecule has 0 aliphatic heterocycles. The first-order valence-corrected chi connectivity index (χ1v) is 6.14. The number of nitriles is 1. The highest BCUT2D eigenvalue weighted by Gasteiger charge is 2.30. The molecule has 22 heavy (non-hydrogen) atoms. The molecule has 0 aromatic heterocycles. The summed E-state index contributed by atoms with van der Waals surface area (Å²) in [5.41, 5.74) is 0.306. The molecule has 1 aromatic carbocycles. The van der Waals surface area contributed by atoms with Crippen molar-refractivity contribution in [1.29, 1.82) is 5.26 Å². The molecule has 1 rings (SSSR count). The number of hydroxylamine groups is 1. The second-order valence-electron chi connectivity index (χ2n) is 4.59. The van der Waals surface area contributed by atoms with Crippen LogP contribution in [0.1, 0.15) is 19.4 Å². The van der Waals surface area contributed by atoms with Crippen molar-refractivity contribution in [1.82, 2.24) is 5.48 Å². The highest BCUT2D eigenvalue weighted by Crippen LogP contribution is 2.31. The van der Waals surface area contributed by atoms with Crippen molar-refractivity contribution in [2.75, 3.05) is 0 Å². The lowest BCUT2D eigenvalue weighted by molar-refractivity contribution is -0.137. The molecule has 0 fully saturated rings. The van der Waals surface area contributed by atoms with Gasteiger partial charge in [-0.25, -0.2) is 0 Å². The standard InChI is InChI=1S/C14H13F3N2O3/c1-8(2)12(20)11(7-18)13(21)19-22-10-5-3-4-9(6-10)14(15,16)17/h3-6,8,20H,1-2H3,(H,19,21)/b12-11+. The van der Waals surface area contributed by atoms with E-state index in [1.54, 1.807) is 13.8 Å². The summed E-state index contributed by atoms with van der Waals surface area (Å²) in [5.74, 6) is -2.21. The van der Waals surface area contributed by atoms with Crippen LogP contribution in [0.15, 0.2) is 35.6 Å². The SMILES string of the molecule is CC(C)/C(O)=C(/C#N)C(=O)NOc1cccc(C(F)(F)F)c1. The Morgan fingerprint density at radius 1 is 1.41 bits per heavy atom. The Bertz CT molecular complexity index is 631. The summed E-state index contributed by atoms with van der Waals surface area (Å²) >= 11 is 0. The molecule has 0 spiro atoms. The predicted molar refractivity (Wildman–Crippen MR) is 70.3 cm³/mol. The minimum atomic E-state index is -4.54. The van der Waals surface area contributed by atoms with Crippen LogP contribution in [0.2, 0.25) is 0 Å². The number of alkyl halides is 3. The Morgan fingerprint density at radius 3 is 2.55 bits per heavy atom. The Morgan fingerprint density at radius 2 is 2.05 bits per heavy atom. The van der Waals surface area contributed by atoms with Gasteiger partial charge in [-0.2, -0.15) is 23.9 Å². The molecule has 0 aliphatic carbocycles. The van der Waals surface area contributed by atoms with Crippen molar-refractivity contribution in [2.45, 2.75) is 20.0 Å². The van der Waals surface area contributed by atoms with Gasteiger partial charge in [0.25, 0.3) is 5.91 Å². The lowest BCUT2D eigenvalue weighted by Crippen LogP contribution is -2.29. The van der Waals surface area contributed by atoms with E-state index < -0.39 is 34.9 Å². The average Bonchev–Trinajstić information content (AvgIpc) is 2.45. The van der Waals surface area contributed by atoms with E-state index in [0.717, 1.165) is 12.1 Å². The molecule has 0 saturated heterocycles. The van der Waals surface area contributed by atoms with Crippen LogP contribution in [-0.2, 0) is 11.0 Å². The van der Waals surface area contributed by atoms with Crippen LogP contribution in [0.4, 0.5) is 13.2 Å². The maximum Gasteiger partial charge on any atom is 0.416 e. The molecule has 0 saturated carbocycles. The molecule has 118 valence electrons. The van der Waals surface area contributed by atoms with Crippen LogP contribution in [0.3, 0.4) is 0 Å². The number of hydrogen-bond donors (Lipinski definition) is 2. The number of nitrogens with one attached hydrogen (secondary N) is 1. The third-order valence-electron chi connectivity index (χ3n) is 2.56. The minimum absolute atomic E-state index is 0.260. The van der Waals surface area contributed by atoms with E-state index in [2.05, 4.69) is 0 Å². The van der Waals surface area contributed by atoms with Gasteiger partial charge in [0, 0.05) is 5.92 Å². The lowest BCUT2D eigenvalue weighted by atomic mass is 10.1. The van der Waals surface area contributed by atoms with Crippen LogP contribution < -0.4 is 10.3 Å². The van der Waals surface area contributed by atoms with Crippen molar-refractivity contribution < 1.29 is 27.9 Å². The number of allylic oxidation sites excluding steroid dienone is 1. The van der Waals surface area contributed by atoms with E-state index in [0.29, 0.717) is 6.07 Å². The topological polar surface area (TPSA) is 82.3 Å². The number of nitrogens with zero attached hydrogens (tertiary/aromatic N) is 1. The molecule has 0 heterocycles. The van der Waals surface area contributed by atoms with Crippen LogP contribution in [0, 0.1) is 17.2 Å². The fourth-order valence-electron chi connectivity index (χ4n) is 1.41. The summed E-state index contributed by atoms with van der Waals surface area (Å²) in [4.78, 5) is 16.4. The molecule has 1 amide bonds. The molecule has 0 radical (unpaired) electrons. The molecule has 8 heteroatoms. The number of amides is 1. The van der Waals surface area contributed by atoms with Gasteiger partial charge >= 0.3 is 6.18 Å². The molecular weight excluding hydrogens is 301 g/mol. The van der Waals surface area contributed by atoms with Gasteiger partial charge in [0.05, 0.1) is 5.56 Å². The zero-order valence-electron chi connectivity index (χ0n) is 11.7. The Labute approximate surface area is 124 Å². The van der Waals surface area contributed by atoms with Crippen LogP contribution in [0.5, 0.6) is 5.75 Å². The first-order chi connectivity index (χ1) is 10.2. The molecular formula is C14H13F3N2O3. The zero-order valence-corrected chi connectivity index (χ0v) is 11.7. The van der Waals surface area contributed by atoms with Crippen LogP contribution in [-0.4, -0.2) is 11.0 Å². The summed E-state index contributed by atoms with van der Waals surface area (Å²) in [6, 6.07) is 5.36. The molecule has 0 bridgehead atoms. The van der Waals surface area contributed by atoms with Gasteiger partial charge in [0.2, 0.25) is 0 Å². The smallest absolute Gasteiger partial charge is 0.416 e. The lowest BCUT2D eigenvalue weighted by Gasteiger charge is -2.11. The molecule has 0 atom stereocenters.